The fourth-order valence-electron chi connectivity index (χ4n) is 4.24. The number of pyridine rings is 1. The van der Waals surface area contributed by atoms with Crippen molar-refractivity contribution in [1.29, 1.82) is 0 Å². The topological polar surface area (TPSA) is 51.7 Å². The highest BCUT2D eigenvalue weighted by molar-refractivity contribution is 5.80. The van der Waals surface area contributed by atoms with E-state index in [0.29, 0.717) is 32.7 Å². The average Bonchev–Trinajstić information content (AvgIpc) is 2.66. The molecule has 0 bridgehead atoms. The van der Waals surface area contributed by atoms with Gasteiger partial charge in [0.05, 0.1) is 25.8 Å². The summed E-state index contributed by atoms with van der Waals surface area (Å²) >= 11 is 0. The minimum atomic E-state index is -0.186. The van der Waals surface area contributed by atoms with Crippen molar-refractivity contribution in [2.24, 2.45) is 0 Å². The molecule has 5 heteroatoms. The summed E-state index contributed by atoms with van der Waals surface area (Å²) in [6.45, 7) is 2.73. The summed E-state index contributed by atoms with van der Waals surface area (Å²) in [4.78, 5) is 18.6. The zero-order chi connectivity index (χ0) is 17.8. The lowest BCUT2D eigenvalue weighted by molar-refractivity contribution is -0.202. The lowest BCUT2D eigenvalue weighted by Gasteiger charge is -2.53. The second kappa shape index (κ2) is 7.89. The van der Waals surface area contributed by atoms with Crippen LogP contribution in [0.2, 0.25) is 0 Å². The molecule has 0 radical (unpaired) electrons. The van der Waals surface area contributed by atoms with Crippen LogP contribution in [0, 0.1) is 0 Å². The van der Waals surface area contributed by atoms with E-state index in [1.807, 2.05) is 23.2 Å². The molecular formula is C21H28N2O3. The van der Waals surface area contributed by atoms with Crippen molar-refractivity contribution in [3.05, 3.63) is 41.7 Å². The molecule has 3 aliphatic rings. The Morgan fingerprint density at radius 3 is 3.08 bits per heavy atom. The van der Waals surface area contributed by atoms with Crippen LogP contribution in [0.5, 0.6) is 0 Å². The third-order valence-electron chi connectivity index (χ3n) is 5.73. The van der Waals surface area contributed by atoms with Crippen molar-refractivity contribution in [2.45, 2.75) is 63.3 Å². The summed E-state index contributed by atoms with van der Waals surface area (Å²) in [7, 11) is 0. The third kappa shape index (κ3) is 4.15. The lowest BCUT2D eigenvalue weighted by Crippen LogP contribution is -2.67. The summed E-state index contributed by atoms with van der Waals surface area (Å²) in [5.41, 5.74) is 2.23. The van der Waals surface area contributed by atoms with Gasteiger partial charge in [-0.2, -0.15) is 0 Å². The first-order valence-corrected chi connectivity index (χ1v) is 9.83. The van der Waals surface area contributed by atoms with Gasteiger partial charge in [0, 0.05) is 31.8 Å². The number of carbonyl (C=O) groups is 1. The summed E-state index contributed by atoms with van der Waals surface area (Å²) in [5.74, 6) is 0.255. The molecule has 2 fully saturated rings. The molecule has 1 aliphatic carbocycles. The van der Waals surface area contributed by atoms with E-state index >= 15 is 0 Å². The number of rotatable bonds is 5. The largest absolute Gasteiger partial charge is 0.373 e. The molecule has 1 aromatic rings. The Bertz CT molecular complexity index is 652. The Hall–Kier alpha value is -1.72. The number of amides is 1. The number of ether oxygens (including phenoxy) is 2. The van der Waals surface area contributed by atoms with Crippen LogP contribution in [-0.4, -0.2) is 47.2 Å². The van der Waals surface area contributed by atoms with E-state index in [1.165, 1.54) is 18.4 Å². The Morgan fingerprint density at radius 1 is 1.38 bits per heavy atom. The highest BCUT2D eigenvalue weighted by Gasteiger charge is 2.49. The van der Waals surface area contributed by atoms with Gasteiger partial charge < -0.3 is 14.4 Å². The maximum absolute atomic E-state index is 12.5. The molecule has 1 spiro atoms. The molecule has 1 aromatic heterocycles. The monoisotopic (exact) mass is 356 g/mol. The van der Waals surface area contributed by atoms with Crippen LogP contribution in [0.25, 0.3) is 0 Å². The Balaban J connectivity index is 1.24. The fourth-order valence-corrected chi connectivity index (χ4v) is 4.24. The zero-order valence-electron chi connectivity index (χ0n) is 15.4. The maximum atomic E-state index is 12.5. The minimum Gasteiger partial charge on any atom is -0.373 e. The molecule has 1 amide bonds. The molecule has 5 nitrogen and oxygen atoms in total. The third-order valence-corrected chi connectivity index (χ3v) is 5.73. The number of allylic oxidation sites excluding steroid dienone is 1. The fraction of sp³-hybridized carbons (Fsp3) is 0.619. The van der Waals surface area contributed by atoms with Crippen LogP contribution in [0.1, 0.15) is 50.5 Å². The quantitative estimate of drug-likeness (QED) is 0.760. The standard InChI is InChI=1S/C21H28N2O3/c24-20(11-17-5-2-1-3-6-17)23-15-21(16-23)12-19(8-10-26-21)25-14-18-7-4-9-22-13-18/h4-5,7,9,13,19H,1-3,6,8,10-12,14-16H2. The van der Waals surface area contributed by atoms with Crippen LogP contribution in [-0.2, 0) is 20.9 Å². The van der Waals surface area contributed by atoms with Gasteiger partial charge in [0.15, 0.2) is 0 Å². The van der Waals surface area contributed by atoms with Crippen LogP contribution in [0.3, 0.4) is 0 Å². The number of carbonyl (C=O) groups excluding carboxylic acids is 1. The molecule has 140 valence electrons. The molecule has 2 aliphatic heterocycles. The molecule has 3 heterocycles. The summed E-state index contributed by atoms with van der Waals surface area (Å²) < 4.78 is 12.1. The molecule has 0 aromatic carbocycles. The molecule has 26 heavy (non-hydrogen) atoms. The summed E-state index contributed by atoms with van der Waals surface area (Å²) in [6.07, 6.45) is 13.2. The van der Waals surface area contributed by atoms with Crippen molar-refractivity contribution in [2.75, 3.05) is 19.7 Å². The SMILES string of the molecule is O=C(CC1=CCCCC1)N1CC2(CC(OCc3cccnc3)CCO2)C1. The van der Waals surface area contributed by atoms with E-state index in [9.17, 15) is 4.79 Å². The second-order valence-electron chi connectivity index (χ2n) is 7.85. The van der Waals surface area contributed by atoms with E-state index < -0.39 is 0 Å². The summed E-state index contributed by atoms with van der Waals surface area (Å²) in [6, 6.07) is 3.97. The van der Waals surface area contributed by atoms with Gasteiger partial charge in [-0.3, -0.25) is 9.78 Å². The van der Waals surface area contributed by atoms with Gasteiger partial charge >= 0.3 is 0 Å². The van der Waals surface area contributed by atoms with Crippen molar-refractivity contribution in [3.63, 3.8) is 0 Å². The van der Waals surface area contributed by atoms with E-state index in [1.54, 1.807) is 6.20 Å². The van der Waals surface area contributed by atoms with Crippen LogP contribution in [0.15, 0.2) is 36.2 Å². The maximum Gasteiger partial charge on any atom is 0.226 e. The van der Waals surface area contributed by atoms with Gasteiger partial charge in [-0.25, -0.2) is 0 Å². The van der Waals surface area contributed by atoms with Gasteiger partial charge in [0.1, 0.15) is 5.60 Å². The van der Waals surface area contributed by atoms with E-state index in [-0.39, 0.29) is 17.6 Å². The zero-order valence-corrected chi connectivity index (χ0v) is 15.4. The average molecular weight is 356 g/mol. The highest BCUT2D eigenvalue weighted by Crippen LogP contribution is 2.36. The smallest absolute Gasteiger partial charge is 0.226 e. The number of likely N-dealkylation sites (tertiary alicyclic amines) is 1. The predicted molar refractivity (Wildman–Crippen MR) is 98.5 cm³/mol. The Kier molecular flexibility index (Phi) is 5.36. The van der Waals surface area contributed by atoms with Gasteiger partial charge in [-0.1, -0.05) is 17.7 Å². The molecule has 0 saturated carbocycles. The molecule has 4 rings (SSSR count). The van der Waals surface area contributed by atoms with Crippen molar-refractivity contribution in [1.82, 2.24) is 9.88 Å². The first-order valence-electron chi connectivity index (χ1n) is 9.83. The van der Waals surface area contributed by atoms with Crippen molar-refractivity contribution >= 4 is 5.91 Å². The van der Waals surface area contributed by atoms with Gasteiger partial charge in [-0.15, -0.1) is 0 Å². The van der Waals surface area contributed by atoms with E-state index in [2.05, 4.69) is 11.1 Å². The Morgan fingerprint density at radius 2 is 2.31 bits per heavy atom. The van der Waals surface area contributed by atoms with Crippen LogP contribution < -0.4 is 0 Å². The molecular weight excluding hydrogens is 328 g/mol. The molecule has 2 saturated heterocycles. The number of hydrogen-bond acceptors (Lipinski definition) is 4. The normalized spacial score (nSPS) is 24.8. The first kappa shape index (κ1) is 17.7. The second-order valence-corrected chi connectivity index (χ2v) is 7.85. The first-order chi connectivity index (χ1) is 12.7. The number of nitrogens with zero attached hydrogens (tertiary/aromatic N) is 2. The highest BCUT2D eigenvalue weighted by atomic mass is 16.5. The number of aromatic nitrogens is 1. The predicted octanol–water partition coefficient (Wildman–Crippen LogP) is 3.25. The van der Waals surface area contributed by atoms with Gasteiger partial charge in [-0.05, 0) is 43.7 Å². The lowest BCUT2D eigenvalue weighted by atomic mass is 9.84. The molecule has 1 unspecified atom stereocenters. The van der Waals surface area contributed by atoms with Gasteiger partial charge in [0.2, 0.25) is 5.91 Å². The molecule has 0 N–H and O–H groups in total. The molecule has 1 atom stereocenters. The van der Waals surface area contributed by atoms with E-state index in [4.69, 9.17) is 9.47 Å². The Labute approximate surface area is 155 Å². The van der Waals surface area contributed by atoms with Gasteiger partial charge in [0.25, 0.3) is 0 Å². The van der Waals surface area contributed by atoms with E-state index in [0.717, 1.165) is 31.2 Å². The van der Waals surface area contributed by atoms with Crippen LogP contribution >= 0.6 is 0 Å². The van der Waals surface area contributed by atoms with Crippen LogP contribution in [0.4, 0.5) is 0 Å². The summed E-state index contributed by atoms with van der Waals surface area (Å²) in [5, 5.41) is 0. The minimum absolute atomic E-state index is 0.186. The number of hydrogen-bond donors (Lipinski definition) is 0. The van der Waals surface area contributed by atoms with Crippen molar-refractivity contribution < 1.29 is 14.3 Å². The van der Waals surface area contributed by atoms with Crippen molar-refractivity contribution in [3.8, 4) is 0 Å².